The van der Waals surface area contributed by atoms with E-state index in [2.05, 4.69) is 48.3 Å². The number of thiocarbonyl (C=S) groups is 1. The van der Waals surface area contributed by atoms with Gasteiger partial charge in [-0.3, -0.25) is 0 Å². The van der Waals surface area contributed by atoms with E-state index in [1.165, 1.54) is 11.1 Å². The van der Waals surface area contributed by atoms with Crippen LogP contribution in [0.3, 0.4) is 0 Å². The van der Waals surface area contributed by atoms with Crippen LogP contribution in [0.2, 0.25) is 0 Å². The van der Waals surface area contributed by atoms with Gasteiger partial charge in [0.1, 0.15) is 23.5 Å². The molecule has 0 spiro atoms. The van der Waals surface area contributed by atoms with E-state index in [1.807, 2.05) is 12.1 Å². The van der Waals surface area contributed by atoms with E-state index in [1.54, 1.807) is 20.5 Å². The number of nitrogens with one attached hydrogen (secondary N) is 2. The Morgan fingerprint density at radius 3 is 2.69 bits per heavy atom. The number of aromatic nitrogens is 3. The number of rotatable bonds is 5. The number of aromatic amines is 1. The van der Waals surface area contributed by atoms with Crippen LogP contribution >= 0.6 is 12.2 Å². The quantitative estimate of drug-likeness (QED) is 0.398. The molecule has 1 saturated heterocycles. The Labute approximate surface area is 214 Å². The summed E-state index contributed by atoms with van der Waals surface area (Å²) in [5.74, 6) is 3.26. The maximum absolute atomic E-state index is 5.71. The lowest BCUT2D eigenvalue weighted by Gasteiger charge is -2.37. The van der Waals surface area contributed by atoms with Crippen molar-refractivity contribution in [3.05, 3.63) is 47.8 Å². The highest BCUT2D eigenvalue weighted by Gasteiger charge is 2.24. The van der Waals surface area contributed by atoms with Crippen LogP contribution in [0.25, 0.3) is 21.9 Å². The fraction of sp³-hybridized carbons (Fsp3) is 0.346. The van der Waals surface area contributed by atoms with Gasteiger partial charge in [0.2, 0.25) is 0 Å². The molecule has 36 heavy (non-hydrogen) atoms. The second-order valence-corrected chi connectivity index (χ2v) is 9.36. The first-order chi connectivity index (χ1) is 17.6. The van der Waals surface area contributed by atoms with Crippen LogP contribution < -0.4 is 24.4 Å². The Morgan fingerprint density at radius 1 is 1.08 bits per heavy atom. The van der Waals surface area contributed by atoms with Gasteiger partial charge in [-0.2, -0.15) is 0 Å². The molecule has 2 aromatic carbocycles. The zero-order valence-electron chi connectivity index (χ0n) is 20.3. The summed E-state index contributed by atoms with van der Waals surface area (Å²) in [5.41, 5.74) is 4.18. The molecule has 2 aliphatic heterocycles. The number of anilines is 1. The summed E-state index contributed by atoms with van der Waals surface area (Å²) in [6, 6.07) is 10.3. The van der Waals surface area contributed by atoms with Crippen molar-refractivity contribution in [2.75, 3.05) is 51.9 Å². The maximum atomic E-state index is 5.71. The van der Waals surface area contributed by atoms with E-state index in [0.717, 1.165) is 77.8 Å². The number of nitrogens with zero attached hydrogens (tertiary/aromatic N) is 4. The lowest BCUT2D eigenvalue weighted by atomic mass is 10.1. The molecule has 4 heterocycles. The minimum absolute atomic E-state index is 0.674. The Morgan fingerprint density at radius 2 is 1.89 bits per heavy atom. The van der Waals surface area contributed by atoms with Crippen molar-refractivity contribution in [2.24, 2.45) is 0 Å². The van der Waals surface area contributed by atoms with Crippen LogP contribution in [0, 0.1) is 0 Å². The summed E-state index contributed by atoms with van der Waals surface area (Å²) >= 11 is 5.71. The van der Waals surface area contributed by atoms with Gasteiger partial charge in [-0.1, -0.05) is 12.1 Å². The van der Waals surface area contributed by atoms with Crippen molar-refractivity contribution < 1.29 is 14.2 Å². The van der Waals surface area contributed by atoms with Crippen LogP contribution in [-0.4, -0.2) is 72.0 Å². The molecule has 4 aromatic rings. The van der Waals surface area contributed by atoms with E-state index in [9.17, 15) is 0 Å². The summed E-state index contributed by atoms with van der Waals surface area (Å²) in [6.07, 6.45) is 2.60. The molecule has 6 rings (SSSR count). The van der Waals surface area contributed by atoms with Gasteiger partial charge in [-0.05, 0) is 35.5 Å². The average Bonchev–Trinajstić information content (AvgIpc) is 3.54. The van der Waals surface area contributed by atoms with E-state index in [-0.39, 0.29) is 0 Å². The first kappa shape index (κ1) is 22.7. The maximum Gasteiger partial charge on any atom is 0.169 e. The SMILES string of the molecule is COc1cc2[nH]c3ncnc(N4CCN(C(=S)NCc5ccc6c(c5)OCC6)CC4)c3c2cc1OC. The predicted octanol–water partition coefficient (Wildman–Crippen LogP) is 3.26. The van der Waals surface area contributed by atoms with Gasteiger partial charge in [0.25, 0.3) is 0 Å². The number of methoxy groups -OCH3 is 2. The molecule has 0 bridgehead atoms. The Bertz CT molecular complexity index is 1450. The monoisotopic (exact) mass is 504 g/mol. The van der Waals surface area contributed by atoms with Crippen molar-refractivity contribution in [3.8, 4) is 17.2 Å². The zero-order chi connectivity index (χ0) is 24.6. The van der Waals surface area contributed by atoms with E-state index in [0.29, 0.717) is 18.0 Å². The standard InChI is InChI=1S/C26H28N6O3S/c1-33-21-12-18-19(13-22(21)34-2)30-24-23(18)25(29-15-28-24)31-6-8-32(9-7-31)26(36)27-14-16-3-4-17-5-10-35-20(17)11-16/h3-4,11-13,15H,5-10,14H2,1-2H3,(H,27,36)(H,28,29,30). The molecule has 1 fully saturated rings. The van der Waals surface area contributed by atoms with Gasteiger partial charge in [-0.25, -0.2) is 9.97 Å². The van der Waals surface area contributed by atoms with Gasteiger partial charge in [0, 0.05) is 50.6 Å². The van der Waals surface area contributed by atoms with Gasteiger partial charge in [-0.15, -0.1) is 0 Å². The predicted molar refractivity (Wildman–Crippen MR) is 143 cm³/mol. The highest BCUT2D eigenvalue weighted by Crippen LogP contribution is 2.38. The number of ether oxygens (including phenoxy) is 3. The highest BCUT2D eigenvalue weighted by molar-refractivity contribution is 7.80. The topological polar surface area (TPSA) is 87.8 Å². The number of H-pyrrole nitrogens is 1. The summed E-state index contributed by atoms with van der Waals surface area (Å²) in [4.78, 5) is 17.1. The van der Waals surface area contributed by atoms with Crippen LogP contribution in [0.5, 0.6) is 17.2 Å². The van der Waals surface area contributed by atoms with Crippen LogP contribution in [0.15, 0.2) is 36.7 Å². The molecule has 2 aliphatic rings. The summed E-state index contributed by atoms with van der Waals surface area (Å²) in [6.45, 7) is 4.69. The number of benzene rings is 2. The number of hydrogen-bond donors (Lipinski definition) is 2. The minimum Gasteiger partial charge on any atom is -0.493 e. The molecular weight excluding hydrogens is 476 g/mol. The Balaban J connectivity index is 1.16. The molecule has 2 N–H and O–H groups in total. The van der Waals surface area contributed by atoms with E-state index in [4.69, 9.17) is 26.4 Å². The third kappa shape index (κ3) is 4.01. The van der Waals surface area contributed by atoms with Gasteiger partial charge in [0.15, 0.2) is 16.6 Å². The van der Waals surface area contributed by atoms with Gasteiger partial charge in [0.05, 0.1) is 31.7 Å². The Hall–Kier alpha value is -3.79. The van der Waals surface area contributed by atoms with Crippen molar-refractivity contribution in [2.45, 2.75) is 13.0 Å². The average molecular weight is 505 g/mol. The third-order valence-corrected chi connectivity index (χ3v) is 7.35. The van der Waals surface area contributed by atoms with Gasteiger partial charge < -0.3 is 34.3 Å². The van der Waals surface area contributed by atoms with Crippen molar-refractivity contribution in [1.29, 1.82) is 0 Å². The first-order valence-electron chi connectivity index (χ1n) is 12.1. The van der Waals surface area contributed by atoms with E-state index < -0.39 is 0 Å². The third-order valence-electron chi connectivity index (χ3n) is 6.94. The van der Waals surface area contributed by atoms with E-state index >= 15 is 0 Å². The van der Waals surface area contributed by atoms with Gasteiger partial charge >= 0.3 is 0 Å². The molecule has 0 atom stereocenters. The second-order valence-electron chi connectivity index (χ2n) is 8.97. The molecule has 0 radical (unpaired) electrons. The Kier molecular flexibility index (Phi) is 5.88. The fourth-order valence-corrected chi connectivity index (χ4v) is 5.26. The fourth-order valence-electron chi connectivity index (χ4n) is 5.01. The number of piperazine rings is 1. The van der Waals surface area contributed by atoms with Crippen molar-refractivity contribution in [3.63, 3.8) is 0 Å². The summed E-state index contributed by atoms with van der Waals surface area (Å²) in [7, 11) is 3.28. The molecule has 186 valence electrons. The summed E-state index contributed by atoms with van der Waals surface area (Å²) in [5, 5.41) is 6.18. The first-order valence-corrected chi connectivity index (χ1v) is 12.5. The van der Waals surface area contributed by atoms with Crippen molar-refractivity contribution in [1.82, 2.24) is 25.2 Å². The second kappa shape index (κ2) is 9.34. The van der Waals surface area contributed by atoms with Crippen LogP contribution in [0.1, 0.15) is 11.1 Å². The number of hydrogen-bond acceptors (Lipinski definition) is 7. The molecule has 2 aromatic heterocycles. The molecule has 0 unspecified atom stereocenters. The summed E-state index contributed by atoms with van der Waals surface area (Å²) < 4.78 is 16.7. The normalized spacial score (nSPS) is 15.2. The molecule has 10 heteroatoms. The smallest absolute Gasteiger partial charge is 0.169 e. The lowest BCUT2D eigenvalue weighted by molar-refractivity contribution is 0.356. The number of fused-ring (bicyclic) bond motifs is 4. The van der Waals surface area contributed by atoms with Crippen molar-refractivity contribution >= 4 is 45.1 Å². The molecule has 0 amide bonds. The molecule has 9 nitrogen and oxygen atoms in total. The minimum atomic E-state index is 0.674. The molecule has 0 aliphatic carbocycles. The molecular formula is C26H28N6O3S. The van der Waals surface area contributed by atoms with Crippen LogP contribution in [-0.2, 0) is 13.0 Å². The zero-order valence-corrected chi connectivity index (χ0v) is 21.2. The highest BCUT2D eigenvalue weighted by atomic mass is 32.1. The largest absolute Gasteiger partial charge is 0.493 e. The molecule has 0 saturated carbocycles. The lowest BCUT2D eigenvalue weighted by Crippen LogP contribution is -2.51. The van der Waals surface area contributed by atoms with Crippen LogP contribution in [0.4, 0.5) is 5.82 Å².